The molecular formula is C21H23N3O4. The summed E-state index contributed by atoms with van der Waals surface area (Å²) in [5.41, 5.74) is 1.75. The molecule has 4 rings (SSSR count). The molecule has 2 aliphatic heterocycles. The Hall–Kier alpha value is -3.22. The molecule has 0 aromatic heterocycles. The van der Waals surface area contributed by atoms with Crippen LogP contribution in [0.5, 0.6) is 11.5 Å². The minimum atomic E-state index is -0.790. The Labute approximate surface area is 163 Å². The van der Waals surface area contributed by atoms with Crippen LogP contribution in [0, 0.1) is 0 Å². The SMILES string of the molecule is COc1ccc(N2CCN(C(=O)CC3Oc4ccccc4NC3=O)CC2)cc1. The summed E-state index contributed by atoms with van der Waals surface area (Å²) in [5.74, 6) is 1.09. The van der Waals surface area contributed by atoms with Gasteiger partial charge in [-0.1, -0.05) is 12.1 Å². The number of para-hydroxylation sites is 2. The van der Waals surface area contributed by atoms with E-state index in [2.05, 4.69) is 10.2 Å². The van der Waals surface area contributed by atoms with Crippen LogP contribution in [0.2, 0.25) is 0 Å². The lowest BCUT2D eigenvalue weighted by Gasteiger charge is -2.37. The monoisotopic (exact) mass is 381 g/mol. The van der Waals surface area contributed by atoms with Crippen LogP contribution in [0.15, 0.2) is 48.5 Å². The van der Waals surface area contributed by atoms with Gasteiger partial charge in [-0.3, -0.25) is 9.59 Å². The van der Waals surface area contributed by atoms with Crippen molar-refractivity contribution in [3.8, 4) is 11.5 Å². The number of benzene rings is 2. The van der Waals surface area contributed by atoms with Gasteiger partial charge in [0.05, 0.1) is 19.2 Å². The topological polar surface area (TPSA) is 71.1 Å². The summed E-state index contributed by atoms with van der Waals surface area (Å²) in [4.78, 5) is 29.0. The van der Waals surface area contributed by atoms with Crippen LogP contribution in [0.4, 0.5) is 11.4 Å². The highest BCUT2D eigenvalue weighted by atomic mass is 16.5. The Balaban J connectivity index is 1.32. The third-order valence-electron chi connectivity index (χ3n) is 5.14. The third-order valence-corrected chi connectivity index (χ3v) is 5.14. The molecule has 0 saturated carbocycles. The highest BCUT2D eigenvalue weighted by Crippen LogP contribution is 2.30. The number of nitrogens with zero attached hydrogens (tertiary/aromatic N) is 2. The van der Waals surface area contributed by atoms with Gasteiger partial charge >= 0.3 is 0 Å². The van der Waals surface area contributed by atoms with Gasteiger partial charge in [-0.2, -0.15) is 0 Å². The maximum Gasteiger partial charge on any atom is 0.266 e. The van der Waals surface area contributed by atoms with E-state index in [0.29, 0.717) is 24.5 Å². The van der Waals surface area contributed by atoms with E-state index in [1.807, 2.05) is 36.4 Å². The standard InChI is InChI=1S/C21H23N3O4/c1-27-16-8-6-15(7-9-16)23-10-12-24(13-11-23)20(25)14-19-21(26)22-17-4-2-3-5-18(17)28-19/h2-9,19H,10-14H2,1H3,(H,22,26). The second-order valence-corrected chi connectivity index (χ2v) is 6.86. The molecule has 2 aliphatic rings. The Morgan fingerprint density at radius 2 is 1.82 bits per heavy atom. The van der Waals surface area contributed by atoms with Crippen molar-refractivity contribution < 1.29 is 19.1 Å². The van der Waals surface area contributed by atoms with E-state index in [-0.39, 0.29) is 18.2 Å². The summed E-state index contributed by atoms with van der Waals surface area (Å²) < 4.78 is 10.9. The van der Waals surface area contributed by atoms with Crippen LogP contribution in [-0.2, 0) is 9.59 Å². The molecule has 0 aliphatic carbocycles. The zero-order valence-corrected chi connectivity index (χ0v) is 15.8. The first-order chi connectivity index (χ1) is 13.6. The summed E-state index contributed by atoms with van der Waals surface area (Å²) in [6.07, 6.45) is -0.745. The van der Waals surface area contributed by atoms with Crippen LogP contribution in [0.1, 0.15) is 6.42 Å². The Morgan fingerprint density at radius 3 is 2.54 bits per heavy atom. The average Bonchev–Trinajstić information content (AvgIpc) is 2.74. The molecule has 1 N–H and O–H groups in total. The van der Waals surface area contributed by atoms with Gasteiger partial charge < -0.3 is 24.6 Å². The van der Waals surface area contributed by atoms with Crippen molar-refractivity contribution in [2.75, 3.05) is 43.5 Å². The van der Waals surface area contributed by atoms with Gasteiger partial charge in [-0.25, -0.2) is 0 Å². The first-order valence-corrected chi connectivity index (χ1v) is 9.37. The Kier molecular flexibility index (Phi) is 5.06. The van der Waals surface area contributed by atoms with E-state index in [1.54, 1.807) is 24.1 Å². The number of methoxy groups -OCH3 is 1. The lowest BCUT2D eigenvalue weighted by Crippen LogP contribution is -2.50. The average molecular weight is 381 g/mol. The first kappa shape index (κ1) is 18.2. The predicted octanol–water partition coefficient (Wildman–Crippen LogP) is 2.13. The second kappa shape index (κ2) is 7.80. The summed E-state index contributed by atoms with van der Waals surface area (Å²) in [6.45, 7) is 2.74. The van der Waals surface area contributed by atoms with Gasteiger partial charge in [-0.15, -0.1) is 0 Å². The summed E-state index contributed by atoms with van der Waals surface area (Å²) >= 11 is 0. The van der Waals surface area contributed by atoms with Crippen molar-refractivity contribution in [3.05, 3.63) is 48.5 Å². The van der Waals surface area contributed by atoms with Gasteiger partial charge in [0.25, 0.3) is 5.91 Å². The van der Waals surface area contributed by atoms with Gasteiger partial charge in [-0.05, 0) is 36.4 Å². The molecule has 2 aromatic rings. The number of fused-ring (bicyclic) bond motifs is 1. The maximum atomic E-state index is 12.7. The predicted molar refractivity (Wildman–Crippen MR) is 106 cm³/mol. The zero-order chi connectivity index (χ0) is 19.5. The Bertz CT molecular complexity index is 860. The lowest BCUT2D eigenvalue weighted by molar-refractivity contribution is -0.137. The van der Waals surface area contributed by atoms with Crippen molar-refractivity contribution >= 4 is 23.2 Å². The molecule has 0 spiro atoms. The highest BCUT2D eigenvalue weighted by Gasteiger charge is 2.32. The minimum absolute atomic E-state index is 0.0443. The van der Waals surface area contributed by atoms with Crippen molar-refractivity contribution in [1.82, 2.24) is 4.90 Å². The summed E-state index contributed by atoms with van der Waals surface area (Å²) in [6, 6.07) is 15.2. The molecule has 2 heterocycles. The quantitative estimate of drug-likeness (QED) is 0.879. The third kappa shape index (κ3) is 3.74. The van der Waals surface area contributed by atoms with E-state index in [4.69, 9.17) is 9.47 Å². The van der Waals surface area contributed by atoms with Gasteiger partial charge in [0.15, 0.2) is 6.10 Å². The van der Waals surface area contributed by atoms with Crippen LogP contribution in [0.25, 0.3) is 0 Å². The number of piperazine rings is 1. The molecule has 0 radical (unpaired) electrons. The van der Waals surface area contributed by atoms with Gasteiger partial charge in [0.2, 0.25) is 5.91 Å². The molecule has 2 aromatic carbocycles. The summed E-state index contributed by atoms with van der Waals surface area (Å²) in [7, 11) is 1.65. The van der Waals surface area contributed by atoms with E-state index >= 15 is 0 Å². The molecule has 2 amide bonds. The molecule has 0 bridgehead atoms. The molecule has 1 saturated heterocycles. The molecular weight excluding hydrogens is 358 g/mol. The number of hydrogen-bond acceptors (Lipinski definition) is 5. The molecule has 7 nitrogen and oxygen atoms in total. The fourth-order valence-corrected chi connectivity index (χ4v) is 3.52. The van der Waals surface area contributed by atoms with Crippen LogP contribution in [0.3, 0.4) is 0 Å². The fraction of sp³-hybridized carbons (Fsp3) is 0.333. The molecule has 146 valence electrons. The van der Waals surface area contributed by atoms with Crippen LogP contribution in [-0.4, -0.2) is 56.1 Å². The normalized spacial score (nSPS) is 18.8. The number of amides is 2. The largest absolute Gasteiger partial charge is 0.497 e. The number of nitrogens with one attached hydrogen (secondary N) is 1. The second-order valence-electron chi connectivity index (χ2n) is 6.86. The zero-order valence-electron chi connectivity index (χ0n) is 15.8. The van der Waals surface area contributed by atoms with Crippen LogP contribution >= 0.6 is 0 Å². The number of rotatable bonds is 4. The molecule has 1 fully saturated rings. The van der Waals surface area contributed by atoms with E-state index in [9.17, 15) is 9.59 Å². The highest BCUT2D eigenvalue weighted by molar-refractivity contribution is 5.99. The first-order valence-electron chi connectivity index (χ1n) is 9.37. The number of ether oxygens (including phenoxy) is 2. The van der Waals surface area contributed by atoms with Gasteiger partial charge in [0.1, 0.15) is 11.5 Å². The smallest absolute Gasteiger partial charge is 0.266 e. The number of anilines is 2. The van der Waals surface area contributed by atoms with Crippen molar-refractivity contribution in [1.29, 1.82) is 0 Å². The number of hydrogen-bond donors (Lipinski definition) is 1. The maximum absolute atomic E-state index is 12.7. The van der Waals surface area contributed by atoms with E-state index in [0.717, 1.165) is 24.5 Å². The minimum Gasteiger partial charge on any atom is -0.497 e. The fourth-order valence-electron chi connectivity index (χ4n) is 3.52. The lowest BCUT2D eigenvalue weighted by atomic mass is 10.1. The number of carbonyl (C=O) groups excluding carboxylic acids is 2. The molecule has 1 unspecified atom stereocenters. The molecule has 28 heavy (non-hydrogen) atoms. The van der Waals surface area contributed by atoms with E-state index in [1.165, 1.54) is 0 Å². The van der Waals surface area contributed by atoms with Crippen LogP contribution < -0.4 is 19.7 Å². The van der Waals surface area contributed by atoms with Crippen molar-refractivity contribution in [2.24, 2.45) is 0 Å². The molecule has 1 atom stereocenters. The van der Waals surface area contributed by atoms with Gasteiger partial charge in [0, 0.05) is 31.9 Å². The van der Waals surface area contributed by atoms with Crippen molar-refractivity contribution in [3.63, 3.8) is 0 Å². The Morgan fingerprint density at radius 1 is 1.11 bits per heavy atom. The molecule has 7 heteroatoms. The summed E-state index contributed by atoms with van der Waals surface area (Å²) in [5, 5.41) is 2.80. The van der Waals surface area contributed by atoms with Crippen molar-refractivity contribution in [2.45, 2.75) is 12.5 Å². The number of carbonyl (C=O) groups is 2. The van der Waals surface area contributed by atoms with E-state index < -0.39 is 6.10 Å².